The molecule has 0 spiro atoms. The molecule has 0 atom stereocenters. The summed E-state index contributed by atoms with van der Waals surface area (Å²) in [6.45, 7) is 6.34. The van der Waals surface area contributed by atoms with Gasteiger partial charge in [0.2, 0.25) is 0 Å². The molecule has 0 amide bonds. The van der Waals surface area contributed by atoms with Gasteiger partial charge in [0.05, 0.1) is 16.1 Å². The number of rotatable bonds is 2. The van der Waals surface area contributed by atoms with Gasteiger partial charge in [-0.25, -0.2) is 0 Å². The minimum absolute atomic E-state index is 0.549. The van der Waals surface area contributed by atoms with Crippen LogP contribution in [0.5, 0.6) is 0 Å². The molecule has 0 saturated carbocycles. The van der Waals surface area contributed by atoms with Crippen molar-refractivity contribution >= 4 is 17.2 Å². The van der Waals surface area contributed by atoms with Gasteiger partial charge in [-0.2, -0.15) is 5.10 Å². The summed E-state index contributed by atoms with van der Waals surface area (Å²) in [6.07, 6.45) is 0. The Morgan fingerprint density at radius 1 is 1.10 bits per heavy atom. The molecular formula is C16H17N3S. The molecule has 1 aromatic carbocycles. The maximum atomic E-state index is 6.06. The Hall–Kier alpha value is -2.07. The number of nitrogens with zero attached hydrogens (tertiary/aromatic N) is 1. The molecule has 3 aromatic rings. The summed E-state index contributed by atoms with van der Waals surface area (Å²) in [5.74, 6) is 0.549. The number of anilines is 1. The quantitative estimate of drug-likeness (QED) is 0.736. The summed E-state index contributed by atoms with van der Waals surface area (Å²) < 4.78 is 0. The molecule has 0 saturated heterocycles. The second-order valence-corrected chi connectivity index (χ2v) is 6.33. The van der Waals surface area contributed by atoms with Crippen LogP contribution in [0.1, 0.15) is 16.0 Å². The summed E-state index contributed by atoms with van der Waals surface area (Å²) in [5, 5.41) is 7.27. The standard InChI is InChI=1S/C16H17N3S/c1-9-4-6-12(7-5-9)14-15(18-19-16(14)17)13-8-10(2)11(3)20-13/h4-8H,1-3H3,(H3,17,18,19). The summed E-state index contributed by atoms with van der Waals surface area (Å²) in [4.78, 5) is 2.50. The average Bonchev–Trinajstić information content (AvgIpc) is 2.95. The van der Waals surface area contributed by atoms with Crippen molar-refractivity contribution in [1.82, 2.24) is 10.2 Å². The third-order valence-corrected chi connectivity index (χ3v) is 4.72. The monoisotopic (exact) mass is 283 g/mol. The Morgan fingerprint density at radius 2 is 1.80 bits per heavy atom. The molecule has 0 radical (unpaired) electrons. The molecule has 0 fully saturated rings. The van der Waals surface area contributed by atoms with E-state index in [9.17, 15) is 0 Å². The van der Waals surface area contributed by atoms with Crippen LogP contribution in [0.4, 0.5) is 5.82 Å². The van der Waals surface area contributed by atoms with Crippen LogP contribution in [-0.2, 0) is 0 Å². The molecule has 2 aromatic heterocycles. The number of nitrogens with two attached hydrogens (primary N) is 1. The topological polar surface area (TPSA) is 54.7 Å². The van der Waals surface area contributed by atoms with Crippen molar-refractivity contribution in [2.45, 2.75) is 20.8 Å². The molecule has 0 unspecified atom stereocenters. The Balaban J connectivity index is 2.16. The average molecular weight is 283 g/mol. The van der Waals surface area contributed by atoms with Gasteiger partial charge < -0.3 is 5.73 Å². The first-order valence-electron chi connectivity index (χ1n) is 6.54. The number of aromatic nitrogens is 2. The number of hydrogen-bond donors (Lipinski definition) is 2. The van der Waals surface area contributed by atoms with Crippen molar-refractivity contribution in [3.05, 3.63) is 46.3 Å². The largest absolute Gasteiger partial charge is 0.382 e. The summed E-state index contributed by atoms with van der Waals surface area (Å²) in [5.41, 5.74) is 11.7. The highest BCUT2D eigenvalue weighted by atomic mass is 32.1. The van der Waals surface area contributed by atoms with E-state index in [0.29, 0.717) is 5.82 Å². The highest BCUT2D eigenvalue weighted by Crippen LogP contribution is 2.38. The minimum Gasteiger partial charge on any atom is -0.382 e. The second-order valence-electron chi connectivity index (χ2n) is 5.07. The first-order chi connectivity index (χ1) is 9.56. The fraction of sp³-hybridized carbons (Fsp3) is 0.188. The van der Waals surface area contributed by atoms with E-state index >= 15 is 0 Å². The SMILES string of the molecule is Cc1ccc(-c2c(N)n[nH]c2-c2cc(C)c(C)s2)cc1. The Labute approximate surface area is 122 Å². The Morgan fingerprint density at radius 3 is 2.40 bits per heavy atom. The molecular weight excluding hydrogens is 266 g/mol. The third-order valence-electron chi connectivity index (χ3n) is 3.55. The number of benzene rings is 1. The van der Waals surface area contributed by atoms with Gasteiger partial charge in [0.15, 0.2) is 5.82 Å². The lowest BCUT2D eigenvalue weighted by Gasteiger charge is -2.03. The van der Waals surface area contributed by atoms with Crippen molar-refractivity contribution in [1.29, 1.82) is 0 Å². The van der Waals surface area contributed by atoms with Crippen LogP contribution in [0.25, 0.3) is 21.7 Å². The lowest BCUT2D eigenvalue weighted by Crippen LogP contribution is -1.88. The molecule has 3 rings (SSSR count). The van der Waals surface area contributed by atoms with E-state index < -0.39 is 0 Å². The van der Waals surface area contributed by atoms with Crippen LogP contribution in [0, 0.1) is 20.8 Å². The van der Waals surface area contributed by atoms with E-state index in [2.05, 4.69) is 61.3 Å². The summed E-state index contributed by atoms with van der Waals surface area (Å²) >= 11 is 1.77. The maximum absolute atomic E-state index is 6.06. The molecule has 0 bridgehead atoms. The van der Waals surface area contributed by atoms with E-state index in [4.69, 9.17) is 5.73 Å². The summed E-state index contributed by atoms with van der Waals surface area (Å²) in [6, 6.07) is 10.6. The Kier molecular flexibility index (Phi) is 3.10. The molecule has 20 heavy (non-hydrogen) atoms. The zero-order chi connectivity index (χ0) is 14.3. The van der Waals surface area contributed by atoms with Crippen molar-refractivity contribution in [3.63, 3.8) is 0 Å². The maximum Gasteiger partial charge on any atom is 0.153 e. The van der Waals surface area contributed by atoms with Crippen LogP contribution in [-0.4, -0.2) is 10.2 Å². The van der Waals surface area contributed by atoms with Gasteiger partial charge in [-0.1, -0.05) is 29.8 Å². The van der Waals surface area contributed by atoms with Gasteiger partial charge in [-0.15, -0.1) is 11.3 Å². The van der Waals surface area contributed by atoms with Gasteiger partial charge in [-0.05, 0) is 38.0 Å². The van der Waals surface area contributed by atoms with E-state index in [1.54, 1.807) is 11.3 Å². The molecule has 102 valence electrons. The van der Waals surface area contributed by atoms with E-state index in [-0.39, 0.29) is 0 Å². The molecule has 0 aliphatic carbocycles. The van der Waals surface area contributed by atoms with Gasteiger partial charge >= 0.3 is 0 Å². The lowest BCUT2D eigenvalue weighted by atomic mass is 10.0. The van der Waals surface area contributed by atoms with E-state index in [0.717, 1.165) is 16.8 Å². The highest BCUT2D eigenvalue weighted by Gasteiger charge is 2.16. The first-order valence-corrected chi connectivity index (χ1v) is 7.36. The molecule has 0 aliphatic heterocycles. The predicted molar refractivity (Wildman–Crippen MR) is 86.0 cm³/mol. The predicted octanol–water partition coefficient (Wildman–Crippen LogP) is 4.31. The second kappa shape index (κ2) is 4.80. The van der Waals surface area contributed by atoms with E-state index in [1.165, 1.54) is 20.9 Å². The van der Waals surface area contributed by atoms with Crippen molar-refractivity contribution in [2.75, 3.05) is 5.73 Å². The van der Waals surface area contributed by atoms with Gasteiger partial charge in [0.25, 0.3) is 0 Å². The van der Waals surface area contributed by atoms with Gasteiger partial charge in [-0.3, -0.25) is 5.10 Å². The molecule has 0 aliphatic rings. The fourth-order valence-electron chi connectivity index (χ4n) is 2.24. The van der Waals surface area contributed by atoms with Crippen LogP contribution in [0.15, 0.2) is 30.3 Å². The number of thiophene rings is 1. The highest BCUT2D eigenvalue weighted by molar-refractivity contribution is 7.15. The molecule has 4 heteroatoms. The van der Waals surface area contributed by atoms with Crippen LogP contribution in [0.2, 0.25) is 0 Å². The van der Waals surface area contributed by atoms with Crippen molar-refractivity contribution in [3.8, 4) is 21.7 Å². The van der Waals surface area contributed by atoms with Crippen LogP contribution >= 0.6 is 11.3 Å². The molecule has 3 N–H and O–H groups in total. The van der Waals surface area contributed by atoms with Crippen LogP contribution < -0.4 is 5.73 Å². The van der Waals surface area contributed by atoms with Crippen molar-refractivity contribution < 1.29 is 0 Å². The number of H-pyrrole nitrogens is 1. The number of hydrogen-bond acceptors (Lipinski definition) is 3. The molecule has 2 heterocycles. The normalized spacial score (nSPS) is 10.9. The third kappa shape index (κ3) is 2.12. The molecule has 3 nitrogen and oxygen atoms in total. The smallest absolute Gasteiger partial charge is 0.153 e. The van der Waals surface area contributed by atoms with Gasteiger partial charge in [0.1, 0.15) is 0 Å². The minimum atomic E-state index is 0.549. The fourth-order valence-corrected chi connectivity index (χ4v) is 3.28. The van der Waals surface area contributed by atoms with Crippen molar-refractivity contribution in [2.24, 2.45) is 0 Å². The van der Waals surface area contributed by atoms with E-state index in [1.807, 2.05) is 0 Å². The number of aryl methyl sites for hydroxylation is 3. The summed E-state index contributed by atoms with van der Waals surface area (Å²) in [7, 11) is 0. The number of nitrogen functional groups attached to an aromatic ring is 1. The Bertz CT molecular complexity index is 731. The lowest BCUT2D eigenvalue weighted by molar-refractivity contribution is 1.11. The number of aromatic amines is 1. The number of nitrogens with one attached hydrogen (secondary N) is 1. The first kappa shape index (κ1) is 12.9. The zero-order valence-corrected chi connectivity index (χ0v) is 12.6. The zero-order valence-electron chi connectivity index (χ0n) is 11.8. The van der Waals surface area contributed by atoms with Crippen LogP contribution in [0.3, 0.4) is 0 Å². The van der Waals surface area contributed by atoms with Gasteiger partial charge in [0, 0.05) is 4.88 Å².